The molecule has 4 heterocycles. The summed E-state index contributed by atoms with van der Waals surface area (Å²) in [5.74, 6) is 5.83. The van der Waals surface area contributed by atoms with Crippen LogP contribution in [0.1, 0.15) is 51.1 Å². The number of anilines is 3. The molecule has 2 saturated heterocycles. The van der Waals surface area contributed by atoms with Crippen molar-refractivity contribution in [2.45, 2.75) is 53.0 Å². The molecule has 2 fully saturated rings. The van der Waals surface area contributed by atoms with Gasteiger partial charge in [0.15, 0.2) is 5.11 Å². The van der Waals surface area contributed by atoms with E-state index in [-0.39, 0.29) is 0 Å². The minimum absolute atomic E-state index is 0.497. The number of hydrogen-bond acceptors (Lipinski definition) is 6. The van der Waals surface area contributed by atoms with Crippen molar-refractivity contribution >= 4 is 34.9 Å². The van der Waals surface area contributed by atoms with Crippen LogP contribution in [0.15, 0.2) is 22.6 Å². The molecule has 168 valence electrons. The Morgan fingerprint density at radius 2 is 1.55 bits per heavy atom. The Hall–Kier alpha value is -2.35. The van der Waals surface area contributed by atoms with Crippen molar-refractivity contribution in [3.8, 4) is 0 Å². The minimum Gasteiger partial charge on any atom is -0.465 e. The van der Waals surface area contributed by atoms with E-state index in [4.69, 9.17) is 26.6 Å². The van der Waals surface area contributed by atoms with E-state index in [1.165, 1.54) is 25.7 Å². The van der Waals surface area contributed by atoms with Crippen molar-refractivity contribution in [3.05, 3.63) is 29.7 Å². The Balaban J connectivity index is 1.48. The van der Waals surface area contributed by atoms with Crippen LogP contribution >= 0.6 is 12.2 Å². The molecule has 8 heteroatoms. The van der Waals surface area contributed by atoms with Gasteiger partial charge in [0, 0.05) is 32.2 Å². The second-order valence-electron chi connectivity index (χ2n) is 9.07. The van der Waals surface area contributed by atoms with Gasteiger partial charge in [-0.2, -0.15) is 9.97 Å². The average Bonchev–Trinajstić information content (AvgIpc) is 3.18. The molecular weight excluding hydrogens is 408 g/mol. The lowest BCUT2D eigenvalue weighted by Crippen LogP contribution is -2.36. The van der Waals surface area contributed by atoms with Crippen LogP contribution in [0.4, 0.5) is 17.6 Å². The third kappa shape index (κ3) is 5.87. The lowest BCUT2D eigenvalue weighted by molar-refractivity contribution is 0.433. The van der Waals surface area contributed by atoms with E-state index in [9.17, 15) is 0 Å². The first-order valence-corrected chi connectivity index (χ1v) is 11.9. The number of thiocarbonyl (C=S) groups is 1. The van der Waals surface area contributed by atoms with Gasteiger partial charge in [0.2, 0.25) is 5.95 Å². The summed E-state index contributed by atoms with van der Waals surface area (Å²) in [5, 5.41) is 6.89. The maximum absolute atomic E-state index is 5.60. The van der Waals surface area contributed by atoms with E-state index in [1.54, 1.807) is 0 Å². The molecule has 7 nitrogen and oxygen atoms in total. The van der Waals surface area contributed by atoms with Crippen LogP contribution in [0.25, 0.3) is 0 Å². The van der Waals surface area contributed by atoms with E-state index in [2.05, 4.69) is 40.3 Å². The molecule has 0 unspecified atom stereocenters. The molecule has 0 aromatic carbocycles. The van der Waals surface area contributed by atoms with E-state index in [0.29, 0.717) is 17.6 Å². The highest BCUT2D eigenvalue weighted by Crippen LogP contribution is 2.28. The molecule has 0 saturated carbocycles. The van der Waals surface area contributed by atoms with Gasteiger partial charge in [0.1, 0.15) is 23.2 Å². The fraction of sp³-hybridized carbons (Fsp3) is 0.609. The fourth-order valence-corrected chi connectivity index (χ4v) is 4.33. The number of nitrogens with zero attached hydrogens (tertiary/aromatic N) is 4. The molecule has 2 aromatic rings. The Kier molecular flexibility index (Phi) is 6.95. The molecule has 31 heavy (non-hydrogen) atoms. The summed E-state index contributed by atoms with van der Waals surface area (Å²) in [4.78, 5) is 14.4. The predicted octanol–water partition coefficient (Wildman–Crippen LogP) is 4.34. The number of hydrogen-bond donors (Lipinski definition) is 2. The predicted molar refractivity (Wildman–Crippen MR) is 130 cm³/mol. The summed E-state index contributed by atoms with van der Waals surface area (Å²) in [6.07, 6.45) is 4.80. The van der Waals surface area contributed by atoms with Crippen molar-refractivity contribution in [1.29, 1.82) is 0 Å². The first-order valence-electron chi connectivity index (χ1n) is 11.5. The Morgan fingerprint density at radius 1 is 1.00 bits per heavy atom. The molecule has 0 bridgehead atoms. The molecule has 2 aromatic heterocycles. The highest BCUT2D eigenvalue weighted by Gasteiger charge is 2.22. The third-order valence-corrected chi connectivity index (χ3v) is 6.61. The maximum atomic E-state index is 5.60. The van der Waals surface area contributed by atoms with E-state index >= 15 is 0 Å². The van der Waals surface area contributed by atoms with Crippen LogP contribution < -0.4 is 20.4 Å². The lowest BCUT2D eigenvalue weighted by atomic mass is 9.99. The summed E-state index contributed by atoms with van der Waals surface area (Å²) in [5.41, 5.74) is 0. The molecule has 2 aliphatic heterocycles. The van der Waals surface area contributed by atoms with E-state index in [1.807, 2.05) is 19.1 Å². The zero-order valence-electron chi connectivity index (χ0n) is 18.9. The van der Waals surface area contributed by atoms with Gasteiger partial charge < -0.3 is 24.9 Å². The highest BCUT2D eigenvalue weighted by atomic mass is 32.1. The molecule has 0 spiro atoms. The van der Waals surface area contributed by atoms with Gasteiger partial charge in [-0.1, -0.05) is 13.8 Å². The van der Waals surface area contributed by atoms with Crippen molar-refractivity contribution in [2.24, 2.45) is 11.8 Å². The lowest BCUT2D eigenvalue weighted by Gasteiger charge is -2.34. The molecule has 4 rings (SSSR count). The molecule has 0 radical (unpaired) electrons. The molecule has 2 N–H and O–H groups in total. The van der Waals surface area contributed by atoms with Crippen LogP contribution in [0.5, 0.6) is 0 Å². The number of aryl methyl sites for hydroxylation is 1. The SMILES string of the molecule is Cc1ccc(CNC(=S)Nc2nc(N3CCC(C)CC3)cc(N3CCC(C)CC3)n2)o1. The van der Waals surface area contributed by atoms with Crippen molar-refractivity contribution in [3.63, 3.8) is 0 Å². The minimum atomic E-state index is 0.497. The van der Waals surface area contributed by atoms with Gasteiger partial charge in [-0.05, 0) is 68.8 Å². The number of piperidine rings is 2. The molecular formula is C23H34N6OS. The van der Waals surface area contributed by atoms with Gasteiger partial charge in [0.25, 0.3) is 0 Å². The summed E-state index contributed by atoms with van der Waals surface area (Å²) in [6.45, 7) is 11.3. The zero-order chi connectivity index (χ0) is 21.8. The summed E-state index contributed by atoms with van der Waals surface area (Å²) in [6, 6.07) is 6.05. The molecule has 2 aliphatic rings. The zero-order valence-corrected chi connectivity index (χ0v) is 19.7. The molecule has 0 atom stereocenters. The normalized spacial score (nSPS) is 18.3. The van der Waals surface area contributed by atoms with Gasteiger partial charge in [-0.25, -0.2) is 0 Å². The number of aromatic nitrogens is 2. The van der Waals surface area contributed by atoms with E-state index in [0.717, 1.165) is 61.2 Å². The van der Waals surface area contributed by atoms with Crippen LogP contribution in [0.2, 0.25) is 0 Å². The largest absolute Gasteiger partial charge is 0.465 e. The van der Waals surface area contributed by atoms with Gasteiger partial charge in [0.05, 0.1) is 6.54 Å². The number of nitrogens with one attached hydrogen (secondary N) is 2. The summed E-state index contributed by atoms with van der Waals surface area (Å²) in [7, 11) is 0. The van der Waals surface area contributed by atoms with Crippen molar-refractivity contribution in [1.82, 2.24) is 15.3 Å². The Labute approximate surface area is 190 Å². The van der Waals surface area contributed by atoms with Gasteiger partial charge in [-0.3, -0.25) is 0 Å². The van der Waals surface area contributed by atoms with Crippen molar-refractivity contribution < 1.29 is 4.42 Å². The average molecular weight is 443 g/mol. The Morgan fingerprint density at radius 3 is 2.03 bits per heavy atom. The van der Waals surface area contributed by atoms with E-state index < -0.39 is 0 Å². The van der Waals surface area contributed by atoms with Gasteiger partial charge >= 0.3 is 0 Å². The second-order valence-corrected chi connectivity index (χ2v) is 9.48. The van der Waals surface area contributed by atoms with Crippen LogP contribution in [0.3, 0.4) is 0 Å². The summed E-state index contributed by atoms with van der Waals surface area (Å²) < 4.78 is 5.60. The molecule has 0 aliphatic carbocycles. The van der Waals surface area contributed by atoms with Crippen LogP contribution in [-0.4, -0.2) is 41.3 Å². The fourth-order valence-electron chi connectivity index (χ4n) is 4.17. The first kappa shape index (κ1) is 21.9. The number of furan rings is 1. The van der Waals surface area contributed by atoms with Gasteiger partial charge in [-0.15, -0.1) is 0 Å². The first-order chi connectivity index (χ1) is 15.0. The smallest absolute Gasteiger partial charge is 0.232 e. The maximum Gasteiger partial charge on any atom is 0.232 e. The highest BCUT2D eigenvalue weighted by molar-refractivity contribution is 7.80. The second kappa shape index (κ2) is 9.85. The third-order valence-electron chi connectivity index (χ3n) is 6.36. The Bertz CT molecular complexity index is 844. The monoisotopic (exact) mass is 442 g/mol. The summed E-state index contributed by atoms with van der Waals surface area (Å²) >= 11 is 5.50. The van der Waals surface area contributed by atoms with Crippen LogP contribution in [-0.2, 0) is 6.54 Å². The standard InChI is InChI=1S/C23H34N6OS/c1-16-6-10-28(11-7-16)20-14-21(29-12-8-17(2)9-13-29)26-22(25-20)27-23(31)24-15-19-5-4-18(3)30-19/h4-5,14,16-17H,6-13,15H2,1-3H3,(H2,24,25,26,27,31). The number of rotatable bonds is 5. The van der Waals surface area contributed by atoms with Crippen LogP contribution in [0, 0.1) is 18.8 Å². The molecule has 0 amide bonds. The quantitative estimate of drug-likeness (QED) is 0.663. The topological polar surface area (TPSA) is 69.5 Å². The van der Waals surface area contributed by atoms with Crippen molar-refractivity contribution in [2.75, 3.05) is 41.3 Å².